The highest BCUT2D eigenvalue weighted by Crippen LogP contribution is 2.21. The van der Waals surface area contributed by atoms with Gasteiger partial charge in [0.25, 0.3) is 0 Å². The summed E-state index contributed by atoms with van der Waals surface area (Å²) < 4.78 is 18.7. The summed E-state index contributed by atoms with van der Waals surface area (Å²) in [6, 6.07) is 5.27. The summed E-state index contributed by atoms with van der Waals surface area (Å²) in [5.41, 5.74) is 0.720. The van der Waals surface area contributed by atoms with Gasteiger partial charge in [0.15, 0.2) is 11.6 Å². The lowest BCUT2D eigenvalue weighted by Crippen LogP contribution is -2.18. The third-order valence-electron chi connectivity index (χ3n) is 2.38. The first kappa shape index (κ1) is 12.0. The largest absolute Gasteiger partial charge is 0.494 e. The van der Waals surface area contributed by atoms with Crippen LogP contribution in [0.5, 0.6) is 5.75 Å². The highest BCUT2D eigenvalue weighted by atomic mass is 19.1. The predicted molar refractivity (Wildman–Crippen MR) is 59.7 cm³/mol. The van der Waals surface area contributed by atoms with Crippen molar-refractivity contribution < 1.29 is 9.13 Å². The molecule has 3 heteroatoms. The molecule has 1 N–H and O–H groups in total. The maximum atomic E-state index is 13.7. The van der Waals surface area contributed by atoms with E-state index in [9.17, 15) is 4.39 Å². The number of hydrogen-bond acceptors (Lipinski definition) is 2. The van der Waals surface area contributed by atoms with Gasteiger partial charge in [0.2, 0.25) is 0 Å². The molecule has 1 rings (SSSR count). The highest BCUT2D eigenvalue weighted by Gasteiger charge is 2.10. The number of nitrogens with one attached hydrogen (secondary N) is 1. The van der Waals surface area contributed by atoms with E-state index >= 15 is 0 Å². The summed E-state index contributed by atoms with van der Waals surface area (Å²) in [6.45, 7) is 2.98. The molecule has 0 aromatic heterocycles. The van der Waals surface area contributed by atoms with E-state index < -0.39 is 0 Å². The molecule has 1 aromatic rings. The van der Waals surface area contributed by atoms with Crippen molar-refractivity contribution in [2.24, 2.45) is 5.92 Å². The van der Waals surface area contributed by atoms with Crippen molar-refractivity contribution in [3.8, 4) is 5.75 Å². The van der Waals surface area contributed by atoms with Gasteiger partial charge in [0.05, 0.1) is 7.11 Å². The normalized spacial score (nSPS) is 12.5. The van der Waals surface area contributed by atoms with Gasteiger partial charge in [-0.2, -0.15) is 0 Å². The Balaban J connectivity index is 2.76. The average Bonchev–Trinajstić information content (AvgIpc) is 2.21. The van der Waals surface area contributed by atoms with Gasteiger partial charge in [-0.25, -0.2) is 4.39 Å². The Morgan fingerprint density at radius 2 is 2.20 bits per heavy atom. The van der Waals surface area contributed by atoms with E-state index in [2.05, 4.69) is 12.2 Å². The van der Waals surface area contributed by atoms with Crippen molar-refractivity contribution in [1.29, 1.82) is 0 Å². The van der Waals surface area contributed by atoms with Crippen molar-refractivity contribution in [3.05, 3.63) is 29.6 Å². The SMILES string of the molecule is CNCC(C)Cc1cccc(OC)c1F. The molecule has 84 valence electrons. The molecule has 0 radical (unpaired) electrons. The summed E-state index contributed by atoms with van der Waals surface area (Å²) >= 11 is 0. The van der Waals surface area contributed by atoms with E-state index in [0.717, 1.165) is 18.5 Å². The Morgan fingerprint density at radius 3 is 2.80 bits per heavy atom. The molecule has 0 aliphatic carbocycles. The molecule has 0 saturated carbocycles. The van der Waals surface area contributed by atoms with Crippen LogP contribution in [-0.4, -0.2) is 20.7 Å². The summed E-state index contributed by atoms with van der Waals surface area (Å²) in [4.78, 5) is 0. The molecule has 0 amide bonds. The number of rotatable bonds is 5. The summed E-state index contributed by atoms with van der Waals surface area (Å²) in [5.74, 6) is 0.503. The molecule has 0 bridgehead atoms. The average molecular weight is 211 g/mol. The molecule has 0 fully saturated rings. The van der Waals surface area contributed by atoms with Crippen LogP contribution in [0.3, 0.4) is 0 Å². The molecule has 1 unspecified atom stereocenters. The first-order valence-corrected chi connectivity index (χ1v) is 5.15. The lowest BCUT2D eigenvalue weighted by Gasteiger charge is -2.12. The zero-order valence-corrected chi connectivity index (χ0v) is 9.51. The number of methoxy groups -OCH3 is 1. The van der Waals surface area contributed by atoms with Crippen LogP contribution in [0.1, 0.15) is 12.5 Å². The number of halogens is 1. The minimum Gasteiger partial charge on any atom is -0.494 e. The maximum absolute atomic E-state index is 13.7. The fourth-order valence-electron chi connectivity index (χ4n) is 1.67. The van der Waals surface area contributed by atoms with Crippen molar-refractivity contribution in [2.45, 2.75) is 13.3 Å². The second kappa shape index (κ2) is 5.71. The summed E-state index contributed by atoms with van der Waals surface area (Å²) in [5, 5.41) is 3.08. The lowest BCUT2D eigenvalue weighted by molar-refractivity contribution is 0.382. The maximum Gasteiger partial charge on any atom is 0.168 e. The Labute approximate surface area is 90.4 Å². The van der Waals surface area contributed by atoms with E-state index in [4.69, 9.17) is 4.74 Å². The van der Waals surface area contributed by atoms with E-state index in [1.54, 1.807) is 6.07 Å². The van der Waals surface area contributed by atoms with E-state index in [1.807, 2.05) is 19.2 Å². The Hall–Kier alpha value is -1.09. The first-order valence-electron chi connectivity index (χ1n) is 5.15. The Bertz CT molecular complexity index is 314. The van der Waals surface area contributed by atoms with Gasteiger partial charge in [0, 0.05) is 0 Å². The number of hydrogen-bond donors (Lipinski definition) is 1. The molecule has 15 heavy (non-hydrogen) atoms. The van der Waals surface area contributed by atoms with Crippen LogP contribution in [0.25, 0.3) is 0 Å². The van der Waals surface area contributed by atoms with Crippen molar-refractivity contribution in [3.63, 3.8) is 0 Å². The van der Waals surface area contributed by atoms with E-state index in [-0.39, 0.29) is 5.82 Å². The second-order valence-electron chi connectivity index (χ2n) is 3.80. The van der Waals surface area contributed by atoms with Gasteiger partial charge in [-0.1, -0.05) is 19.1 Å². The molecule has 0 heterocycles. The molecule has 1 aromatic carbocycles. The van der Waals surface area contributed by atoms with Crippen molar-refractivity contribution >= 4 is 0 Å². The standard InChI is InChI=1S/C12H18FNO/c1-9(8-14-2)7-10-5-4-6-11(15-3)12(10)13/h4-6,9,14H,7-8H2,1-3H3. The van der Waals surface area contributed by atoms with Crippen LogP contribution in [0.2, 0.25) is 0 Å². The first-order chi connectivity index (χ1) is 7.19. The topological polar surface area (TPSA) is 21.3 Å². The Kier molecular flexibility index (Phi) is 4.56. The quantitative estimate of drug-likeness (QED) is 0.806. The van der Waals surface area contributed by atoms with Crippen LogP contribution >= 0.6 is 0 Å². The monoisotopic (exact) mass is 211 g/mol. The van der Waals surface area contributed by atoms with Crippen LogP contribution < -0.4 is 10.1 Å². The molecule has 0 saturated heterocycles. The molecular weight excluding hydrogens is 193 g/mol. The van der Waals surface area contributed by atoms with Gasteiger partial charge in [0.1, 0.15) is 0 Å². The molecule has 0 aliphatic rings. The van der Waals surface area contributed by atoms with Crippen LogP contribution in [0, 0.1) is 11.7 Å². The second-order valence-corrected chi connectivity index (χ2v) is 3.80. The smallest absolute Gasteiger partial charge is 0.168 e. The molecule has 0 spiro atoms. The van der Waals surface area contributed by atoms with E-state index in [0.29, 0.717) is 11.7 Å². The fraction of sp³-hybridized carbons (Fsp3) is 0.500. The van der Waals surface area contributed by atoms with Gasteiger partial charge in [-0.15, -0.1) is 0 Å². The number of benzene rings is 1. The van der Waals surface area contributed by atoms with Crippen LogP contribution in [-0.2, 0) is 6.42 Å². The predicted octanol–water partition coefficient (Wildman–Crippen LogP) is 2.23. The van der Waals surface area contributed by atoms with Gasteiger partial charge in [-0.3, -0.25) is 0 Å². The number of ether oxygens (including phenoxy) is 1. The van der Waals surface area contributed by atoms with Crippen LogP contribution in [0.4, 0.5) is 4.39 Å². The lowest BCUT2D eigenvalue weighted by atomic mass is 10.0. The summed E-state index contributed by atoms with van der Waals surface area (Å²) in [6.07, 6.45) is 0.726. The third kappa shape index (κ3) is 3.20. The zero-order chi connectivity index (χ0) is 11.3. The molecular formula is C12H18FNO. The minimum atomic E-state index is -0.233. The highest BCUT2D eigenvalue weighted by molar-refractivity contribution is 5.31. The summed E-state index contributed by atoms with van der Waals surface area (Å²) in [7, 11) is 3.39. The van der Waals surface area contributed by atoms with Gasteiger partial charge >= 0.3 is 0 Å². The Morgan fingerprint density at radius 1 is 1.47 bits per heavy atom. The third-order valence-corrected chi connectivity index (χ3v) is 2.38. The van der Waals surface area contributed by atoms with Crippen LogP contribution in [0.15, 0.2) is 18.2 Å². The van der Waals surface area contributed by atoms with Crippen molar-refractivity contribution in [2.75, 3.05) is 20.7 Å². The molecule has 2 nitrogen and oxygen atoms in total. The fourth-order valence-corrected chi connectivity index (χ4v) is 1.67. The molecule has 1 atom stereocenters. The zero-order valence-electron chi connectivity index (χ0n) is 9.51. The minimum absolute atomic E-state index is 0.233. The molecule has 0 aliphatic heterocycles. The van der Waals surface area contributed by atoms with Gasteiger partial charge in [-0.05, 0) is 37.6 Å². The van der Waals surface area contributed by atoms with Gasteiger partial charge < -0.3 is 10.1 Å². The van der Waals surface area contributed by atoms with E-state index in [1.165, 1.54) is 7.11 Å². The van der Waals surface area contributed by atoms with Crippen molar-refractivity contribution in [1.82, 2.24) is 5.32 Å².